The average Bonchev–Trinajstić information content (AvgIpc) is 2.40. The summed E-state index contributed by atoms with van der Waals surface area (Å²) in [6.45, 7) is 0. The van der Waals surface area contributed by atoms with Crippen LogP contribution < -0.4 is 10.7 Å². The number of nitrogens with two attached hydrogens (primary N) is 1. The first kappa shape index (κ1) is 14.4. The fourth-order valence-electron chi connectivity index (χ4n) is 1.62. The van der Waals surface area contributed by atoms with Crippen LogP contribution in [-0.4, -0.2) is 5.84 Å². The molecule has 0 spiro atoms. The monoisotopic (exact) mass is 299 g/mol. The molecule has 0 fully saturated rings. The summed E-state index contributed by atoms with van der Waals surface area (Å²) in [6, 6.07) is 11.5. The summed E-state index contributed by atoms with van der Waals surface area (Å²) in [6.07, 6.45) is -4.39. The highest BCUT2D eigenvalue weighted by molar-refractivity contribution is 6.30. The van der Waals surface area contributed by atoms with Gasteiger partial charge in [0.1, 0.15) is 5.69 Å². The molecule has 2 aromatic rings. The molecule has 0 saturated heterocycles. The van der Waals surface area contributed by atoms with Gasteiger partial charge < -0.3 is 0 Å². The molecule has 0 heterocycles. The summed E-state index contributed by atoms with van der Waals surface area (Å²) >= 11 is 5.75. The molecule has 0 aliphatic rings. The van der Waals surface area contributed by atoms with Gasteiger partial charge in [-0.1, -0.05) is 17.7 Å². The molecular formula is C14H11ClF3N2+. The van der Waals surface area contributed by atoms with Gasteiger partial charge in [-0.05, 0) is 42.5 Å². The standard InChI is InChI=1S/C14H10ClF3N2/c15-11-4-6-12(7-5-11)20-13(19)9-2-1-3-10(8-9)14(16,17)18/h1-8H,(H2,19,20)/p+1. The molecule has 3 N–H and O–H groups in total. The van der Waals surface area contributed by atoms with Crippen LogP contribution in [0.5, 0.6) is 0 Å². The minimum Gasteiger partial charge on any atom is -0.287 e. The molecule has 0 radical (unpaired) electrons. The smallest absolute Gasteiger partial charge is 0.287 e. The highest BCUT2D eigenvalue weighted by atomic mass is 35.5. The second kappa shape index (κ2) is 5.54. The van der Waals surface area contributed by atoms with Crippen molar-refractivity contribution in [1.29, 1.82) is 0 Å². The predicted molar refractivity (Wildman–Crippen MR) is 71.8 cm³/mol. The Kier molecular flexibility index (Phi) is 3.99. The fourth-order valence-corrected chi connectivity index (χ4v) is 1.75. The third-order valence-corrected chi connectivity index (χ3v) is 2.88. The van der Waals surface area contributed by atoms with Crippen molar-refractivity contribution in [2.45, 2.75) is 6.18 Å². The average molecular weight is 300 g/mol. The molecule has 0 aromatic heterocycles. The highest BCUT2D eigenvalue weighted by Crippen LogP contribution is 2.29. The second-order valence-corrected chi connectivity index (χ2v) is 4.56. The first-order valence-electron chi connectivity index (χ1n) is 5.69. The molecule has 6 heteroatoms. The molecule has 0 saturated carbocycles. The Balaban J connectivity index is 2.33. The fraction of sp³-hybridized carbons (Fsp3) is 0.0714. The van der Waals surface area contributed by atoms with Crippen molar-refractivity contribution in [2.75, 3.05) is 0 Å². The van der Waals surface area contributed by atoms with Crippen LogP contribution in [0.3, 0.4) is 0 Å². The van der Waals surface area contributed by atoms with E-state index in [1.54, 1.807) is 24.3 Å². The van der Waals surface area contributed by atoms with Crippen LogP contribution in [0.25, 0.3) is 0 Å². The molecule has 0 aliphatic heterocycles. The zero-order chi connectivity index (χ0) is 14.8. The molecule has 0 unspecified atom stereocenters. The van der Waals surface area contributed by atoms with E-state index >= 15 is 0 Å². The first-order valence-corrected chi connectivity index (χ1v) is 6.07. The molecule has 0 bridgehead atoms. The number of nitrogens with one attached hydrogen (secondary N) is 1. The Morgan fingerprint density at radius 1 is 1.05 bits per heavy atom. The van der Waals surface area contributed by atoms with Crippen molar-refractivity contribution in [2.24, 2.45) is 5.73 Å². The van der Waals surface area contributed by atoms with Crippen molar-refractivity contribution in [3.8, 4) is 0 Å². The number of halogens is 4. The lowest BCUT2D eigenvalue weighted by molar-refractivity contribution is -0.354. The maximum absolute atomic E-state index is 12.6. The van der Waals surface area contributed by atoms with E-state index in [4.69, 9.17) is 17.3 Å². The topological polar surface area (TPSA) is 40.0 Å². The minimum absolute atomic E-state index is 0.137. The number of hydrogen-bond donors (Lipinski definition) is 2. The lowest BCUT2D eigenvalue weighted by atomic mass is 10.1. The van der Waals surface area contributed by atoms with E-state index in [0.29, 0.717) is 10.7 Å². The number of amidine groups is 1. The van der Waals surface area contributed by atoms with Gasteiger partial charge in [0.2, 0.25) is 0 Å². The van der Waals surface area contributed by atoms with Gasteiger partial charge >= 0.3 is 6.18 Å². The summed E-state index contributed by atoms with van der Waals surface area (Å²) in [5.41, 5.74) is 5.96. The zero-order valence-corrected chi connectivity index (χ0v) is 11.0. The Bertz CT molecular complexity index is 634. The number of rotatable bonds is 2. The summed E-state index contributed by atoms with van der Waals surface area (Å²) in [7, 11) is 0. The largest absolute Gasteiger partial charge is 0.416 e. The number of benzene rings is 2. The van der Waals surface area contributed by atoms with E-state index in [1.165, 1.54) is 12.1 Å². The molecule has 20 heavy (non-hydrogen) atoms. The van der Waals surface area contributed by atoms with Crippen molar-refractivity contribution in [3.05, 3.63) is 64.7 Å². The Hall–Kier alpha value is -2.01. The molecule has 2 aromatic carbocycles. The van der Waals surface area contributed by atoms with Gasteiger partial charge in [-0.15, -0.1) is 0 Å². The number of alkyl halides is 3. The summed E-state index contributed by atoms with van der Waals surface area (Å²) in [4.78, 5) is 2.83. The summed E-state index contributed by atoms with van der Waals surface area (Å²) in [5, 5.41) is 0.563. The van der Waals surface area contributed by atoms with Crippen molar-refractivity contribution in [3.63, 3.8) is 0 Å². The van der Waals surface area contributed by atoms with Gasteiger partial charge in [0.05, 0.1) is 11.1 Å². The molecule has 0 atom stereocenters. The quantitative estimate of drug-likeness (QED) is 0.649. The molecule has 104 valence electrons. The molecule has 0 aliphatic carbocycles. The van der Waals surface area contributed by atoms with E-state index in [0.717, 1.165) is 12.1 Å². The van der Waals surface area contributed by atoms with E-state index < -0.39 is 11.7 Å². The van der Waals surface area contributed by atoms with Crippen LogP contribution in [0.1, 0.15) is 11.1 Å². The SMILES string of the molecule is NC(=[NH+]c1ccc(Cl)cc1)c1cccc(C(F)(F)F)c1. The van der Waals surface area contributed by atoms with Crippen molar-refractivity contribution >= 4 is 23.1 Å². The normalized spacial score (nSPS) is 12.5. The number of nitrogen functional groups attached to an aromatic ring is 1. The molecule has 2 rings (SSSR count). The van der Waals surface area contributed by atoms with Crippen LogP contribution in [0.2, 0.25) is 5.02 Å². The summed E-state index contributed by atoms with van der Waals surface area (Å²) in [5.74, 6) is 0.137. The van der Waals surface area contributed by atoms with E-state index in [2.05, 4.69) is 4.99 Å². The maximum Gasteiger partial charge on any atom is 0.416 e. The second-order valence-electron chi connectivity index (χ2n) is 4.12. The lowest BCUT2D eigenvalue weighted by Crippen LogP contribution is -2.69. The van der Waals surface area contributed by atoms with E-state index in [9.17, 15) is 13.2 Å². The summed E-state index contributed by atoms with van der Waals surface area (Å²) < 4.78 is 37.9. The molecule has 2 nitrogen and oxygen atoms in total. The van der Waals surface area contributed by atoms with Gasteiger partial charge in [0.15, 0.2) is 0 Å². The van der Waals surface area contributed by atoms with E-state index in [1.807, 2.05) is 0 Å². The van der Waals surface area contributed by atoms with Gasteiger partial charge in [0.25, 0.3) is 5.84 Å². The number of hydrogen-bond acceptors (Lipinski definition) is 0. The van der Waals surface area contributed by atoms with Gasteiger partial charge in [-0.25, -0.2) is 4.99 Å². The van der Waals surface area contributed by atoms with E-state index in [-0.39, 0.29) is 11.4 Å². The van der Waals surface area contributed by atoms with Crippen LogP contribution >= 0.6 is 11.6 Å². The Morgan fingerprint density at radius 2 is 1.70 bits per heavy atom. The third kappa shape index (κ3) is 3.51. The molecular weight excluding hydrogens is 289 g/mol. The third-order valence-electron chi connectivity index (χ3n) is 2.62. The van der Waals surface area contributed by atoms with Crippen LogP contribution in [0, 0.1) is 0 Å². The van der Waals surface area contributed by atoms with Crippen LogP contribution in [0.15, 0.2) is 48.5 Å². The minimum atomic E-state index is -4.39. The first-order chi connectivity index (χ1) is 9.36. The predicted octanol–water partition coefficient (Wildman–Crippen LogP) is 2.48. The van der Waals surface area contributed by atoms with Crippen LogP contribution in [-0.2, 0) is 6.18 Å². The van der Waals surface area contributed by atoms with Gasteiger partial charge in [-0.2, -0.15) is 13.2 Å². The highest BCUT2D eigenvalue weighted by Gasteiger charge is 2.30. The maximum atomic E-state index is 12.6. The van der Waals surface area contributed by atoms with Gasteiger partial charge in [-0.3, -0.25) is 5.73 Å². The van der Waals surface area contributed by atoms with Crippen molar-refractivity contribution < 1.29 is 18.2 Å². The Labute approximate surface area is 118 Å². The molecule has 0 amide bonds. The Morgan fingerprint density at radius 3 is 2.30 bits per heavy atom. The van der Waals surface area contributed by atoms with Gasteiger partial charge in [0, 0.05) is 5.02 Å². The lowest BCUT2D eigenvalue weighted by Gasteiger charge is -2.06. The van der Waals surface area contributed by atoms with Crippen molar-refractivity contribution in [1.82, 2.24) is 0 Å². The van der Waals surface area contributed by atoms with Crippen LogP contribution in [0.4, 0.5) is 18.9 Å². The zero-order valence-electron chi connectivity index (χ0n) is 10.2.